The first kappa shape index (κ1) is 19.7. The van der Waals surface area contributed by atoms with E-state index in [1.807, 2.05) is 40.1 Å². The van der Waals surface area contributed by atoms with Gasteiger partial charge in [0.15, 0.2) is 0 Å². The molecule has 0 aromatic heterocycles. The highest BCUT2D eigenvalue weighted by Crippen LogP contribution is 2.23. The third-order valence-corrected chi connectivity index (χ3v) is 6.28. The number of hydrogen-bond acceptors (Lipinski definition) is 2. The van der Waals surface area contributed by atoms with Crippen molar-refractivity contribution in [3.05, 3.63) is 60.2 Å². The van der Waals surface area contributed by atoms with Crippen LogP contribution in [0.4, 0.5) is 0 Å². The summed E-state index contributed by atoms with van der Waals surface area (Å²) in [6.07, 6.45) is 5.53. The van der Waals surface area contributed by atoms with Gasteiger partial charge in [-0.15, -0.1) is 0 Å². The van der Waals surface area contributed by atoms with Gasteiger partial charge < -0.3 is 9.80 Å². The highest BCUT2D eigenvalue weighted by molar-refractivity contribution is 5.81. The van der Waals surface area contributed by atoms with E-state index in [2.05, 4.69) is 24.3 Å². The smallest absolute Gasteiger partial charge is 0.226 e. The second-order valence-electron chi connectivity index (χ2n) is 8.28. The third-order valence-electron chi connectivity index (χ3n) is 6.28. The molecule has 4 rings (SSSR count). The van der Waals surface area contributed by atoms with E-state index in [4.69, 9.17) is 0 Å². The lowest BCUT2D eigenvalue weighted by Crippen LogP contribution is -2.46. The number of carbonyl (C=O) groups is 2. The second kappa shape index (κ2) is 9.25. The molecule has 2 aliphatic rings. The minimum absolute atomic E-state index is 0.0994. The molecule has 0 bridgehead atoms. The molecular weight excluding hydrogens is 360 g/mol. The summed E-state index contributed by atoms with van der Waals surface area (Å²) >= 11 is 0. The Morgan fingerprint density at radius 2 is 1.34 bits per heavy atom. The van der Waals surface area contributed by atoms with E-state index in [9.17, 15) is 9.59 Å². The molecule has 0 saturated carbocycles. The Bertz CT molecular complexity index is 818. The third kappa shape index (κ3) is 4.87. The molecule has 2 aromatic carbocycles. The van der Waals surface area contributed by atoms with Gasteiger partial charge in [0, 0.05) is 32.1 Å². The van der Waals surface area contributed by atoms with Crippen molar-refractivity contribution >= 4 is 11.8 Å². The molecule has 4 nitrogen and oxygen atoms in total. The van der Waals surface area contributed by atoms with Crippen LogP contribution in [0.2, 0.25) is 0 Å². The molecule has 2 fully saturated rings. The molecule has 0 radical (unpaired) electrons. The highest BCUT2D eigenvalue weighted by atomic mass is 16.2. The van der Waals surface area contributed by atoms with Gasteiger partial charge in [0.1, 0.15) is 0 Å². The molecule has 2 amide bonds. The molecule has 29 heavy (non-hydrogen) atoms. The van der Waals surface area contributed by atoms with E-state index < -0.39 is 0 Å². The van der Waals surface area contributed by atoms with E-state index in [-0.39, 0.29) is 11.8 Å². The fraction of sp³-hybridized carbons (Fsp3) is 0.440. The minimum atomic E-state index is 0.0994. The Kier molecular flexibility index (Phi) is 6.28. The van der Waals surface area contributed by atoms with E-state index in [0.29, 0.717) is 25.4 Å². The van der Waals surface area contributed by atoms with Crippen LogP contribution in [0.1, 0.15) is 37.7 Å². The van der Waals surface area contributed by atoms with Gasteiger partial charge in [-0.3, -0.25) is 9.59 Å². The first-order chi connectivity index (χ1) is 14.2. The van der Waals surface area contributed by atoms with Crippen molar-refractivity contribution in [2.75, 3.05) is 26.2 Å². The minimum Gasteiger partial charge on any atom is -0.342 e. The van der Waals surface area contributed by atoms with Crippen LogP contribution in [-0.2, 0) is 16.0 Å². The van der Waals surface area contributed by atoms with Gasteiger partial charge in [-0.05, 0) is 48.8 Å². The zero-order valence-electron chi connectivity index (χ0n) is 17.1. The number of rotatable bonds is 4. The van der Waals surface area contributed by atoms with Crippen molar-refractivity contribution in [2.45, 2.75) is 38.5 Å². The topological polar surface area (TPSA) is 40.6 Å². The predicted octanol–water partition coefficient (Wildman–Crippen LogP) is 4.15. The number of carbonyl (C=O) groups excluding carboxylic acids is 2. The van der Waals surface area contributed by atoms with Crippen LogP contribution in [0.3, 0.4) is 0 Å². The Labute approximate surface area is 173 Å². The maximum absolute atomic E-state index is 12.7. The Balaban J connectivity index is 1.28. The van der Waals surface area contributed by atoms with Gasteiger partial charge in [0.2, 0.25) is 11.8 Å². The molecular formula is C25H30N2O2. The molecule has 2 saturated heterocycles. The Morgan fingerprint density at radius 3 is 2.00 bits per heavy atom. The Morgan fingerprint density at radius 1 is 0.724 bits per heavy atom. The normalized spacial score (nSPS) is 17.9. The van der Waals surface area contributed by atoms with Gasteiger partial charge in [0.05, 0.1) is 6.42 Å². The van der Waals surface area contributed by atoms with Gasteiger partial charge in [-0.1, -0.05) is 54.6 Å². The lowest BCUT2D eigenvalue weighted by atomic mass is 9.94. The lowest BCUT2D eigenvalue weighted by Gasteiger charge is -2.35. The van der Waals surface area contributed by atoms with E-state index in [1.54, 1.807) is 0 Å². The van der Waals surface area contributed by atoms with E-state index in [1.165, 1.54) is 17.5 Å². The van der Waals surface area contributed by atoms with Crippen LogP contribution in [0.25, 0.3) is 11.1 Å². The van der Waals surface area contributed by atoms with Crippen molar-refractivity contribution < 1.29 is 9.59 Å². The van der Waals surface area contributed by atoms with Gasteiger partial charge in [-0.2, -0.15) is 0 Å². The molecule has 152 valence electrons. The predicted molar refractivity (Wildman–Crippen MR) is 115 cm³/mol. The van der Waals surface area contributed by atoms with Crippen LogP contribution < -0.4 is 0 Å². The first-order valence-corrected chi connectivity index (χ1v) is 10.9. The number of amides is 2. The number of likely N-dealkylation sites (tertiary alicyclic amines) is 2. The van der Waals surface area contributed by atoms with Gasteiger partial charge >= 0.3 is 0 Å². The largest absolute Gasteiger partial charge is 0.342 e. The van der Waals surface area contributed by atoms with E-state index >= 15 is 0 Å². The maximum atomic E-state index is 12.7. The zero-order chi connectivity index (χ0) is 20.1. The number of benzene rings is 2. The van der Waals surface area contributed by atoms with Crippen molar-refractivity contribution in [2.24, 2.45) is 5.92 Å². The quantitative estimate of drug-likeness (QED) is 0.787. The average Bonchev–Trinajstić information content (AvgIpc) is 2.80. The molecule has 0 unspecified atom stereocenters. The van der Waals surface area contributed by atoms with Crippen molar-refractivity contribution in [1.82, 2.24) is 9.80 Å². The number of hydrogen-bond donors (Lipinski definition) is 0. The summed E-state index contributed by atoms with van der Waals surface area (Å²) in [5, 5.41) is 0. The summed E-state index contributed by atoms with van der Waals surface area (Å²) in [4.78, 5) is 29.4. The Hall–Kier alpha value is -2.62. The molecule has 2 heterocycles. The lowest BCUT2D eigenvalue weighted by molar-refractivity contribution is -0.141. The molecule has 0 N–H and O–H groups in total. The van der Waals surface area contributed by atoms with Gasteiger partial charge in [-0.25, -0.2) is 0 Å². The summed E-state index contributed by atoms with van der Waals surface area (Å²) in [6.45, 7) is 3.23. The van der Waals surface area contributed by atoms with E-state index in [0.717, 1.165) is 44.3 Å². The van der Waals surface area contributed by atoms with Crippen molar-refractivity contribution in [1.29, 1.82) is 0 Å². The summed E-state index contributed by atoms with van der Waals surface area (Å²) < 4.78 is 0. The zero-order valence-corrected chi connectivity index (χ0v) is 17.1. The second-order valence-corrected chi connectivity index (χ2v) is 8.28. The number of piperidine rings is 2. The van der Waals surface area contributed by atoms with Crippen LogP contribution in [0.15, 0.2) is 54.6 Å². The monoisotopic (exact) mass is 390 g/mol. The van der Waals surface area contributed by atoms with Crippen LogP contribution in [-0.4, -0.2) is 47.8 Å². The standard InChI is InChI=1S/C25H30N2O2/c28-24(19-20-9-11-22(12-10-20)21-7-3-1-4-8-21)26-17-13-23(14-18-26)25(29)27-15-5-2-6-16-27/h1,3-4,7-12,23H,2,5-6,13-19H2. The SMILES string of the molecule is O=C(Cc1ccc(-c2ccccc2)cc1)N1CCC(C(=O)N2CCCCC2)CC1. The fourth-order valence-corrected chi connectivity index (χ4v) is 4.48. The number of nitrogens with zero attached hydrogens (tertiary/aromatic N) is 2. The fourth-order valence-electron chi connectivity index (χ4n) is 4.48. The summed E-state index contributed by atoms with van der Waals surface area (Å²) in [6, 6.07) is 18.5. The van der Waals surface area contributed by atoms with Crippen LogP contribution >= 0.6 is 0 Å². The summed E-state index contributed by atoms with van der Waals surface area (Å²) in [5.41, 5.74) is 3.39. The van der Waals surface area contributed by atoms with Crippen molar-refractivity contribution in [3.63, 3.8) is 0 Å². The maximum Gasteiger partial charge on any atom is 0.226 e. The molecule has 0 spiro atoms. The summed E-state index contributed by atoms with van der Waals surface area (Å²) in [5.74, 6) is 0.580. The van der Waals surface area contributed by atoms with Gasteiger partial charge in [0.25, 0.3) is 0 Å². The first-order valence-electron chi connectivity index (χ1n) is 10.9. The van der Waals surface area contributed by atoms with Crippen LogP contribution in [0.5, 0.6) is 0 Å². The average molecular weight is 391 g/mol. The summed E-state index contributed by atoms with van der Waals surface area (Å²) in [7, 11) is 0. The molecule has 4 heteroatoms. The molecule has 2 aromatic rings. The highest BCUT2D eigenvalue weighted by Gasteiger charge is 2.30. The van der Waals surface area contributed by atoms with Crippen molar-refractivity contribution in [3.8, 4) is 11.1 Å². The molecule has 0 aliphatic carbocycles. The molecule has 0 atom stereocenters. The molecule has 2 aliphatic heterocycles. The van der Waals surface area contributed by atoms with Crippen LogP contribution in [0, 0.1) is 5.92 Å².